The smallest absolute Gasteiger partial charge is 0.334 e. The van der Waals surface area contributed by atoms with Crippen LogP contribution in [0.3, 0.4) is 0 Å². The molecule has 2 fully saturated rings. The molecule has 2 aliphatic heterocycles. The Hall–Kier alpha value is -1.53. The van der Waals surface area contributed by atoms with Crippen LogP contribution < -0.4 is 0 Å². The summed E-state index contributed by atoms with van der Waals surface area (Å²) in [7, 11) is 0. The van der Waals surface area contributed by atoms with Gasteiger partial charge >= 0.3 is 5.97 Å². The maximum atomic E-state index is 11.4. The van der Waals surface area contributed by atoms with E-state index in [1.165, 1.54) is 0 Å². The molecule has 10 nitrogen and oxygen atoms in total. The fraction of sp³-hybridized carbons (Fsp3) is 0.688. The highest BCUT2D eigenvalue weighted by Crippen LogP contribution is 2.46. The lowest BCUT2D eigenvalue weighted by molar-refractivity contribution is -0.339. The Labute approximate surface area is 148 Å². The largest absolute Gasteiger partial charge is 0.478 e. The minimum absolute atomic E-state index is 0.0265. The molecule has 1 saturated carbocycles. The zero-order valence-corrected chi connectivity index (χ0v) is 13.7. The summed E-state index contributed by atoms with van der Waals surface area (Å²) in [6.07, 6.45) is -8.28. The van der Waals surface area contributed by atoms with Crippen LogP contribution in [-0.4, -0.2) is 86.3 Å². The van der Waals surface area contributed by atoms with Crippen molar-refractivity contribution in [2.24, 2.45) is 11.8 Å². The maximum absolute atomic E-state index is 11.4. The molecule has 2 heterocycles. The molecule has 1 aliphatic carbocycles. The number of rotatable bonds is 4. The Balaban J connectivity index is 1.81. The Morgan fingerprint density at radius 1 is 1.19 bits per heavy atom. The minimum Gasteiger partial charge on any atom is -0.478 e. The zero-order valence-electron chi connectivity index (χ0n) is 13.7. The number of carboxylic acid groups (broad SMARTS) is 1. The van der Waals surface area contributed by atoms with E-state index in [-0.39, 0.29) is 12.0 Å². The summed E-state index contributed by atoms with van der Waals surface area (Å²) in [5, 5.41) is 58.3. The highest BCUT2D eigenvalue weighted by atomic mass is 16.8. The summed E-state index contributed by atoms with van der Waals surface area (Å²) in [5.74, 6) is -2.49. The third kappa shape index (κ3) is 3.14. The van der Waals surface area contributed by atoms with Crippen LogP contribution in [0, 0.1) is 11.8 Å². The molecule has 0 aromatic heterocycles. The Bertz CT molecular complexity index is 602. The van der Waals surface area contributed by atoms with Crippen LogP contribution in [0.4, 0.5) is 0 Å². The van der Waals surface area contributed by atoms with Gasteiger partial charge in [-0.15, -0.1) is 0 Å². The van der Waals surface area contributed by atoms with Gasteiger partial charge in [0.25, 0.3) is 0 Å². The van der Waals surface area contributed by atoms with Crippen molar-refractivity contribution >= 4 is 5.97 Å². The van der Waals surface area contributed by atoms with Crippen molar-refractivity contribution in [1.82, 2.24) is 0 Å². The van der Waals surface area contributed by atoms with E-state index in [2.05, 4.69) is 6.58 Å². The van der Waals surface area contributed by atoms with Crippen molar-refractivity contribution in [3.05, 3.63) is 24.0 Å². The first kappa shape index (κ1) is 19.2. The van der Waals surface area contributed by atoms with Crippen LogP contribution in [0.25, 0.3) is 0 Å². The zero-order chi connectivity index (χ0) is 19.2. The van der Waals surface area contributed by atoms with Gasteiger partial charge in [0.05, 0.1) is 30.5 Å². The molecule has 0 spiro atoms. The number of aliphatic carboxylic acids is 1. The molecule has 146 valence electrons. The van der Waals surface area contributed by atoms with E-state index in [9.17, 15) is 35.4 Å². The average Bonchev–Trinajstić information content (AvgIpc) is 2.90. The topological polar surface area (TPSA) is 166 Å². The predicted octanol–water partition coefficient (Wildman–Crippen LogP) is -2.32. The highest BCUT2D eigenvalue weighted by molar-refractivity contribution is 5.87. The third-order valence-electron chi connectivity index (χ3n) is 5.15. The van der Waals surface area contributed by atoms with Crippen LogP contribution in [0.1, 0.15) is 6.42 Å². The van der Waals surface area contributed by atoms with Gasteiger partial charge in [0.1, 0.15) is 24.4 Å². The van der Waals surface area contributed by atoms with Gasteiger partial charge in [-0.25, -0.2) is 4.79 Å². The van der Waals surface area contributed by atoms with E-state index in [4.69, 9.17) is 14.2 Å². The van der Waals surface area contributed by atoms with Crippen molar-refractivity contribution in [1.29, 1.82) is 0 Å². The number of aliphatic hydroxyl groups is 5. The van der Waals surface area contributed by atoms with E-state index in [0.717, 1.165) is 6.26 Å². The molecule has 0 aromatic carbocycles. The lowest BCUT2D eigenvalue weighted by atomic mass is 9.85. The first-order valence-electron chi connectivity index (χ1n) is 8.17. The normalized spacial score (nSPS) is 45.7. The Morgan fingerprint density at radius 3 is 2.50 bits per heavy atom. The van der Waals surface area contributed by atoms with Gasteiger partial charge in [0.15, 0.2) is 6.29 Å². The monoisotopic (exact) mass is 374 g/mol. The van der Waals surface area contributed by atoms with E-state index in [1.807, 2.05) is 0 Å². The van der Waals surface area contributed by atoms with Crippen LogP contribution in [-0.2, 0) is 19.0 Å². The van der Waals surface area contributed by atoms with Crippen molar-refractivity contribution in [3.8, 4) is 0 Å². The summed E-state index contributed by atoms with van der Waals surface area (Å²) in [5.41, 5.74) is 0.304. The molecule has 3 rings (SSSR count). The van der Waals surface area contributed by atoms with Crippen LogP contribution in [0.5, 0.6) is 0 Å². The predicted molar refractivity (Wildman–Crippen MR) is 82.2 cm³/mol. The molecule has 0 aromatic rings. The molecule has 0 radical (unpaired) electrons. The van der Waals surface area contributed by atoms with Crippen LogP contribution >= 0.6 is 0 Å². The molecule has 0 amide bonds. The van der Waals surface area contributed by atoms with E-state index < -0.39 is 67.5 Å². The second-order valence-electron chi connectivity index (χ2n) is 6.67. The molecular formula is C16H22O10. The minimum atomic E-state index is -1.63. The number of carboxylic acids is 1. The summed E-state index contributed by atoms with van der Waals surface area (Å²) in [6, 6.07) is 0. The van der Waals surface area contributed by atoms with Crippen molar-refractivity contribution in [3.63, 3.8) is 0 Å². The number of ether oxygens (including phenoxy) is 3. The van der Waals surface area contributed by atoms with Gasteiger partial charge in [0.2, 0.25) is 6.29 Å². The molecule has 9 atom stereocenters. The van der Waals surface area contributed by atoms with E-state index >= 15 is 0 Å². The number of hydrogen-bond acceptors (Lipinski definition) is 9. The molecule has 1 saturated heterocycles. The Kier molecular flexibility index (Phi) is 5.35. The van der Waals surface area contributed by atoms with Crippen molar-refractivity contribution in [2.45, 2.75) is 49.5 Å². The average molecular weight is 374 g/mol. The fourth-order valence-electron chi connectivity index (χ4n) is 3.65. The molecule has 26 heavy (non-hydrogen) atoms. The molecule has 6 N–H and O–H groups in total. The SMILES string of the molecule is C=C1C(O)CC2C(C(=O)O)=COC(O[C@@H]3O[C@H](CO)[C@H](O)[C@@H](O)[C@H]3O)C12. The van der Waals surface area contributed by atoms with E-state index in [1.54, 1.807) is 0 Å². The molecule has 10 heteroatoms. The van der Waals surface area contributed by atoms with Gasteiger partial charge in [-0.3, -0.25) is 0 Å². The number of aliphatic hydroxyl groups excluding tert-OH is 5. The van der Waals surface area contributed by atoms with Gasteiger partial charge in [-0.1, -0.05) is 6.58 Å². The second-order valence-corrected chi connectivity index (χ2v) is 6.67. The van der Waals surface area contributed by atoms with Crippen LogP contribution in [0.2, 0.25) is 0 Å². The number of carbonyl (C=O) groups is 1. The first-order chi connectivity index (χ1) is 12.3. The highest BCUT2D eigenvalue weighted by Gasteiger charge is 2.51. The second kappa shape index (κ2) is 7.24. The standard InChI is InChI=1S/C16H22O10/c1-5-8(18)2-6-7(14(22)23)4-24-15(10(5)6)26-16-13(21)12(20)11(19)9(3-17)25-16/h4,6,8-13,15-21H,1-3H2,(H,22,23)/t6?,8?,9-,10?,11+,12-,13-,15?,16+/m1/s1. The first-order valence-corrected chi connectivity index (χ1v) is 8.17. The molecular weight excluding hydrogens is 352 g/mol. The number of fused-ring (bicyclic) bond motifs is 1. The fourth-order valence-corrected chi connectivity index (χ4v) is 3.65. The Morgan fingerprint density at radius 2 is 1.88 bits per heavy atom. The van der Waals surface area contributed by atoms with Crippen molar-refractivity contribution in [2.75, 3.05) is 6.61 Å². The summed E-state index contributed by atoms with van der Waals surface area (Å²) in [6.45, 7) is 3.16. The lowest BCUT2D eigenvalue weighted by Crippen LogP contribution is -2.60. The van der Waals surface area contributed by atoms with Gasteiger partial charge < -0.3 is 44.8 Å². The van der Waals surface area contributed by atoms with Gasteiger partial charge in [0, 0.05) is 5.92 Å². The lowest BCUT2D eigenvalue weighted by Gasteiger charge is -2.42. The van der Waals surface area contributed by atoms with Crippen molar-refractivity contribution < 1.29 is 49.6 Å². The third-order valence-corrected chi connectivity index (χ3v) is 5.15. The van der Waals surface area contributed by atoms with Crippen LogP contribution in [0.15, 0.2) is 24.0 Å². The maximum Gasteiger partial charge on any atom is 0.334 e. The van der Waals surface area contributed by atoms with Gasteiger partial charge in [-0.05, 0) is 12.0 Å². The summed E-state index contributed by atoms with van der Waals surface area (Å²) in [4.78, 5) is 11.4. The molecule has 0 bridgehead atoms. The number of hydrogen-bond donors (Lipinski definition) is 6. The summed E-state index contributed by atoms with van der Waals surface area (Å²) >= 11 is 0. The van der Waals surface area contributed by atoms with E-state index in [0.29, 0.717) is 5.57 Å². The molecule has 4 unspecified atom stereocenters. The molecule has 3 aliphatic rings. The quantitative estimate of drug-likeness (QED) is 0.294. The van der Waals surface area contributed by atoms with Gasteiger partial charge in [-0.2, -0.15) is 0 Å². The summed E-state index contributed by atoms with van der Waals surface area (Å²) < 4.78 is 16.2.